The first-order valence-electron chi connectivity index (χ1n) is 10.8. The van der Waals surface area contributed by atoms with E-state index in [9.17, 15) is 9.90 Å². The lowest BCUT2D eigenvalue weighted by Crippen LogP contribution is -2.45. The van der Waals surface area contributed by atoms with Gasteiger partial charge in [-0.2, -0.15) is 0 Å². The minimum absolute atomic E-state index is 0.182. The third kappa shape index (κ3) is 3.48. The average molecular weight is 419 g/mol. The molecule has 2 saturated carbocycles. The summed E-state index contributed by atoms with van der Waals surface area (Å²) in [5.41, 5.74) is 1.51. The number of rotatable bonds is 5. The maximum absolute atomic E-state index is 12.3. The number of anilines is 1. The Bertz CT molecular complexity index is 907. The van der Waals surface area contributed by atoms with E-state index in [2.05, 4.69) is 9.55 Å². The minimum Gasteiger partial charge on any atom is -0.480 e. The molecule has 1 unspecified atom stereocenters. The number of ether oxygens (including phenoxy) is 1. The van der Waals surface area contributed by atoms with Crippen LogP contribution in [0, 0.1) is 0 Å². The highest BCUT2D eigenvalue weighted by Gasteiger charge is 2.44. The van der Waals surface area contributed by atoms with Crippen molar-refractivity contribution in [3.8, 4) is 0 Å². The number of pyridine rings is 1. The maximum atomic E-state index is 12.3. The molecule has 1 saturated heterocycles. The fourth-order valence-electron chi connectivity index (χ4n) is 4.99. The van der Waals surface area contributed by atoms with Crippen molar-refractivity contribution < 1.29 is 14.6 Å². The van der Waals surface area contributed by atoms with E-state index < -0.39 is 12.0 Å². The second-order valence-corrected chi connectivity index (χ2v) is 8.93. The molecule has 8 heteroatoms. The van der Waals surface area contributed by atoms with E-state index in [1.54, 1.807) is 6.07 Å². The van der Waals surface area contributed by atoms with Gasteiger partial charge in [-0.3, -0.25) is 4.57 Å². The fourth-order valence-corrected chi connectivity index (χ4v) is 5.14. The van der Waals surface area contributed by atoms with Gasteiger partial charge in [-0.05, 0) is 50.7 Å². The Morgan fingerprint density at radius 1 is 1.07 bits per heavy atom. The number of carboxylic acids is 1. The number of aliphatic carboxylic acids is 1. The Labute approximate surface area is 175 Å². The highest BCUT2D eigenvalue weighted by molar-refractivity contribution is 6.29. The zero-order valence-electron chi connectivity index (χ0n) is 16.5. The molecule has 0 bridgehead atoms. The highest BCUT2D eigenvalue weighted by atomic mass is 35.5. The molecule has 7 nitrogen and oxygen atoms in total. The van der Waals surface area contributed by atoms with Crippen LogP contribution in [0.2, 0.25) is 5.15 Å². The number of carbonyl (C=O) groups is 1. The van der Waals surface area contributed by atoms with Gasteiger partial charge in [0.25, 0.3) is 0 Å². The number of fused-ring (bicyclic) bond motifs is 1. The largest absolute Gasteiger partial charge is 0.480 e. The van der Waals surface area contributed by atoms with Crippen molar-refractivity contribution in [2.45, 2.75) is 82.1 Å². The van der Waals surface area contributed by atoms with Crippen LogP contribution in [-0.4, -0.2) is 50.4 Å². The molecule has 0 aromatic carbocycles. The molecule has 2 aromatic heterocycles. The van der Waals surface area contributed by atoms with Crippen LogP contribution >= 0.6 is 11.6 Å². The summed E-state index contributed by atoms with van der Waals surface area (Å²) in [6, 6.07) is 3.18. The number of hydrogen-bond donors (Lipinski definition) is 1. The van der Waals surface area contributed by atoms with Crippen LogP contribution in [0.5, 0.6) is 0 Å². The lowest BCUT2D eigenvalue weighted by Gasteiger charge is -2.33. The van der Waals surface area contributed by atoms with Crippen LogP contribution < -0.4 is 4.90 Å². The van der Waals surface area contributed by atoms with Gasteiger partial charge in [-0.15, -0.1) is 0 Å². The van der Waals surface area contributed by atoms with Crippen LogP contribution in [0.25, 0.3) is 11.2 Å². The molecule has 2 atom stereocenters. The van der Waals surface area contributed by atoms with Gasteiger partial charge in [0.1, 0.15) is 10.7 Å². The van der Waals surface area contributed by atoms with Crippen LogP contribution in [0.1, 0.15) is 63.8 Å². The van der Waals surface area contributed by atoms with Crippen LogP contribution in [0.15, 0.2) is 12.1 Å². The summed E-state index contributed by atoms with van der Waals surface area (Å²) in [5, 5.41) is 10.5. The quantitative estimate of drug-likeness (QED) is 0.733. The summed E-state index contributed by atoms with van der Waals surface area (Å²) < 4.78 is 8.43. The fraction of sp³-hybridized carbons (Fsp3) is 0.667. The van der Waals surface area contributed by atoms with Crippen molar-refractivity contribution in [2.24, 2.45) is 0 Å². The number of aromatic nitrogens is 3. The number of imidazole rings is 1. The predicted octanol–water partition coefficient (Wildman–Crippen LogP) is 4.19. The van der Waals surface area contributed by atoms with Gasteiger partial charge < -0.3 is 14.7 Å². The number of carboxylic acid groups (broad SMARTS) is 1. The number of hydrogen-bond acceptors (Lipinski definition) is 5. The SMILES string of the molecule is O=C(O)[C@@H]1C(OC2CCCCC2)CCN1c1nc2ccc(Cl)nc2n1C1CCC1. The number of nitrogens with zero attached hydrogens (tertiary/aromatic N) is 4. The summed E-state index contributed by atoms with van der Waals surface area (Å²) in [5.74, 6) is -0.150. The molecule has 0 amide bonds. The van der Waals surface area contributed by atoms with Crippen molar-refractivity contribution in [1.82, 2.24) is 14.5 Å². The maximum Gasteiger partial charge on any atom is 0.329 e. The zero-order valence-corrected chi connectivity index (χ0v) is 17.2. The molecule has 1 aliphatic heterocycles. The Morgan fingerprint density at radius 2 is 1.86 bits per heavy atom. The molecule has 29 heavy (non-hydrogen) atoms. The molecule has 3 aliphatic rings. The molecular weight excluding hydrogens is 392 g/mol. The van der Waals surface area contributed by atoms with Crippen molar-refractivity contribution in [2.75, 3.05) is 11.4 Å². The van der Waals surface area contributed by atoms with Crippen molar-refractivity contribution >= 4 is 34.7 Å². The Hall–Kier alpha value is -1.86. The van der Waals surface area contributed by atoms with E-state index >= 15 is 0 Å². The molecule has 0 spiro atoms. The Morgan fingerprint density at radius 3 is 2.55 bits per heavy atom. The third-order valence-electron chi connectivity index (χ3n) is 6.70. The van der Waals surface area contributed by atoms with E-state index in [0.717, 1.165) is 36.8 Å². The summed E-state index contributed by atoms with van der Waals surface area (Å²) >= 11 is 6.16. The second kappa shape index (κ2) is 7.76. The molecule has 5 rings (SSSR count). The molecule has 2 aromatic rings. The monoisotopic (exact) mass is 418 g/mol. The van der Waals surface area contributed by atoms with Gasteiger partial charge in [0.15, 0.2) is 11.7 Å². The molecule has 156 valence electrons. The van der Waals surface area contributed by atoms with Gasteiger partial charge in [0, 0.05) is 12.6 Å². The first-order valence-corrected chi connectivity index (χ1v) is 11.2. The lowest BCUT2D eigenvalue weighted by molar-refractivity contribution is -0.143. The molecule has 0 radical (unpaired) electrons. The van der Waals surface area contributed by atoms with E-state index in [1.807, 2.05) is 11.0 Å². The van der Waals surface area contributed by atoms with E-state index in [4.69, 9.17) is 21.3 Å². The molecule has 3 heterocycles. The predicted molar refractivity (Wildman–Crippen MR) is 111 cm³/mol. The summed E-state index contributed by atoms with van der Waals surface area (Å²) in [6.45, 7) is 0.623. The molecule has 1 N–H and O–H groups in total. The summed E-state index contributed by atoms with van der Waals surface area (Å²) in [6.07, 6.45) is 9.52. The van der Waals surface area contributed by atoms with Gasteiger partial charge in [0.05, 0.1) is 12.2 Å². The normalized spacial score (nSPS) is 26.2. The van der Waals surface area contributed by atoms with E-state index in [0.29, 0.717) is 30.1 Å². The first kappa shape index (κ1) is 19.1. The van der Waals surface area contributed by atoms with Gasteiger partial charge in [-0.1, -0.05) is 30.9 Å². The second-order valence-electron chi connectivity index (χ2n) is 8.54. The lowest BCUT2D eigenvalue weighted by atomic mass is 9.93. The minimum atomic E-state index is -0.846. The number of halogens is 1. The molecular formula is C21H27ClN4O3. The van der Waals surface area contributed by atoms with Crippen LogP contribution in [-0.2, 0) is 9.53 Å². The standard InChI is InChI=1S/C21H27ClN4O3/c22-17-10-9-15-19(24-17)26(13-5-4-6-13)21(23-15)25-12-11-16(18(25)20(27)28)29-14-7-2-1-3-8-14/h9-10,13-14,16,18H,1-8,11-12H2,(H,27,28)/t16?,18-/m0/s1. The zero-order chi connectivity index (χ0) is 20.0. The van der Waals surface area contributed by atoms with Crippen molar-refractivity contribution in [3.63, 3.8) is 0 Å². The van der Waals surface area contributed by atoms with Crippen LogP contribution in [0.3, 0.4) is 0 Å². The topological polar surface area (TPSA) is 80.5 Å². The molecule has 3 fully saturated rings. The average Bonchev–Trinajstić information content (AvgIpc) is 3.23. The Kier molecular flexibility index (Phi) is 5.12. The summed E-state index contributed by atoms with van der Waals surface area (Å²) in [7, 11) is 0. The highest BCUT2D eigenvalue weighted by Crippen LogP contribution is 2.40. The summed E-state index contributed by atoms with van der Waals surface area (Å²) in [4.78, 5) is 23.5. The van der Waals surface area contributed by atoms with Gasteiger partial charge in [-0.25, -0.2) is 14.8 Å². The van der Waals surface area contributed by atoms with Crippen LogP contribution in [0.4, 0.5) is 5.95 Å². The third-order valence-corrected chi connectivity index (χ3v) is 6.91. The first-order chi connectivity index (χ1) is 14.1. The van der Waals surface area contributed by atoms with Crippen molar-refractivity contribution in [3.05, 3.63) is 17.3 Å². The van der Waals surface area contributed by atoms with Gasteiger partial charge in [0.2, 0.25) is 5.95 Å². The van der Waals surface area contributed by atoms with E-state index in [-0.39, 0.29) is 12.2 Å². The van der Waals surface area contributed by atoms with E-state index in [1.165, 1.54) is 25.7 Å². The smallest absolute Gasteiger partial charge is 0.329 e. The Balaban J connectivity index is 1.49. The van der Waals surface area contributed by atoms with Crippen molar-refractivity contribution in [1.29, 1.82) is 0 Å². The van der Waals surface area contributed by atoms with Gasteiger partial charge >= 0.3 is 5.97 Å². The molecule has 2 aliphatic carbocycles.